The van der Waals surface area contributed by atoms with Gasteiger partial charge in [0.05, 0.1) is 12.7 Å². The van der Waals surface area contributed by atoms with Crippen LogP contribution in [0.2, 0.25) is 0 Å². The number of rotatable bonds is 6. The van der Waals surface area contributed by atoms with Crippen LogP contribution in [0, 0.1) is 0 Å². The van der Waals surface area contributed by atoms with Crippen molar-refractivity contribution in [3.8, 4) is 0 Å². The third-order valence-electron chi connectivity index (χ3n) is 1.65. The Morgan fingerprint density at radius 2 is 2.00 bits per heavy atom. The maximum absolute atomic E-state index is 9.27. The fraction of sp³-hybridized carbons (Fsp3) is 1.00. The molecule has 1 N–H and O–H groups in total. The van der Waals surface area contributed by atoms with Crippen LogP contribution in [-0.2, 0) is 9.47 Å². The van der Waals surface area contributed by atoms with Crippen LogP contribution in [-0.4, -0.2) is 50.3 Å². The van der Waals surface area contributed by atoms with Gasteiger partial charge in [-0.2, -0.15) is 0 Å². The van der Waals surface area contributed by atoms with Gasteiger partial charge in [0.15, 0.2) is 0 Å². The number of halogens is 1. The van der Waals surface area contributed by atoms with E-state index in [0.29, 0.717) is 6.61 Å². The standard InChI is InChI=1S/C8H16BClO3/c1-5(10)8(9)13-7(4-12-3)6(2)11/h5-8,11H,4H2,1-3H3/t5-,6+,7-,8?/m1/s1. The van der Waals surface area contributed by atoms with Crippen LogP contribution in [0.3, 0.4) is 0 Å². The van der Waals surface area contributed by atoms with Crippen LogP contribution < -0.4 is 0 Å². The molecule has 0 aromatic carbocycles. The minimum absolute atomic E-state index is 0.293. The quantitative estimate of drug-likeness (QED) is 0.509. The van der Waals surface area contributed by atoms with Gasteiger partial charge in [-0.1, -0.05) is 0 Å². The molecule has 3 nitrogen and oxygen atoms in total. The highest BCUT2D eigenvalue weighted by Gasteiger charge is 2.20. The Bertz CT molecular complexity index is 133. The number of aliphatic hydroxyl groups is 1. The second-order valence-electron chi connectivity index (χ2n) is 3.01. The summed E-state index contributed by atoms with van der Waals surface area (Å²) >= 11 is 5.70. The van der Waals surface area contributed by atoms with E-state index in [1.165, 1.54) is 7.11 Å². The first-order valence-corrected chi connectivity index (χ1v) is 4.64. The van der Waals surface area contributed by atoms with Gasteiger partial charge in [-0.15, -0.1) is 11.6 Å². The normalized spacial score (nSPS) is 20.7. The van der Waals surface area contributed by atoms with Crippen molar-refractivity contribution < 1.29 is 14.6 Å². The summed E-state index contributed by atoms with van der Waals surface area (Å²) in [5, 5.41) is 8.98. The molecule has 0 amide bonds. The number of alkyl halides is 1. The lowest BCUT2D eigenvalue weighted by molar-refractivity contribution is -0.0760. The molecule has 0 aromatic heterocycles. The maximum atomic E-state index is 9.27. The van der Waals surface area contributed by atoms with E-state index in [2.05, 4.69) is 0 Å². The summed E-state index contributed by atoms with van der Waals surface area (Å²) in [6.07, 6.45) is -1.05. The molecule has 2 radical (unpaired) electrons. The van der Waals surface area contributed by atoms with Gasteiger partial charge >= 0.3 is 0 Å². The van der Waals surface area contributed by atoms with Crippen LogP contribution in [0.15, 0.2) is 0 Å². The number of aliphatic hydroxyl groups excluding tert-OH is 1. The molecule has 13 heavy (non-hydrogen) atoms. The number of ether oxygens (including phenoxy) is 2. The van der Waals surface area contributed by atoms with Gasteiger partial charge < -0.3 is 14.6 Å². The highest BCUT2D eigenvalue weighted by molar-refractivity contribution is 6.26. The van der Waals surface area contributed by atoms with Gasteiger partial charge in [-0.3, -0.25) is 0 Å². The zero-order chi connectivity index (χ0) is 10.4. The topological polar surface area (TPSA) is 38.7 Å². The SMILES string of the molecule is [B]C(O[C@H](COC)[C@H](C)O)[C@@H](C)Cl. The molecule has 0 saturated carbocycles. The first-order valence-electron chi connectivity index (χ1n) is 4.21. The minimum atomic E-state index is -0.624. The van der Waals surface area contributed by atoms with Gasteiger partial charge in [0.25, 0.3) is 0 Å². The lowest BCUT2D eigenvalue weighted by Gasteiger charge is -2.25. The van der Waals surface area contributed by atoms with E-state index in [1.54, 1.807) is 13.8 Å². The highest BCUT2D eigenvalue weighted by atomic mass is 35.5. The van der Waals surface area contributed by atoms with Gasteiger partial charge in [0.2, 0.25) is 0 Å². The van der Waals surface area contributed by atoms with Crippen molar-refractivity contribution in [3.05, 3.63) is 0 Å². The Morgan fingerprint density at radius 3 is 2.31 bits per heavy atom. The average Bonchev–Trinajstić information content (AvgIpc) is 2.03. The van der Waals surface area contributed by atoms with Crippen LogP contribution in [0.1, 0.15) is 13.8 Å². The average molecular weight is 206 g/mol. The molecule has 0 heterocycles. The molecular formula is C8H16BClO3. The third-order valence-corrected chi connectivity index (χ3v) is 1.90. The summed E-state index contributed by atoms with van der Waals surface area (Å²) in [6.45, 7) is 3.66. The van der Waals surface area contributed by atoms with Crippen molar-refractivity contribution >= 4 is 19.4 Å². The molecule has 0 spiro atoms. The predicted octanol–water partition coefficient (Wildman–Crippen LogP) is 0.521. The largest absolute Gasteiger partial charge is 0.391 e. The fourth-order valence-corrected chi connectivity index (χ4v) is 0.826. The Kier molecular flexibility index (Phi) is 6.77. The summed E-state index contributed by atoms with van der Waals surface area (Å²) in [7, 11) is 7.10. The Labute approximate surface area is 85.8 Å². The first-order chi connectivity index (χ1) is 5.99. The molecule has 0 rings (SSSR count). The van der Waals surface area contributed by atoms with Crippen molar-refractivity contribution in [2.45, 2.75) is 37.4 Å². The highest BCUT2D eigenvalue weighted by Crippen LogP contribution is 2.08. The Balaban J connectivity index is 3.94. The Morgan fingerprint density at radius 1 is 1.46 bits per heavy atom. The predicted molar refractivity (Wildman–Crippen MR) is 53.3 cm³/mol. The number of hydrogen-bond acceptors (Lipinski definition) is 3. The summed E-state index contributed by atoms with van der Waals surface area (Å²) in [5.41, 5.74) is 0. The van der Waals surface area contributed by atoms with Gasteiger partial charge in [0.1, 0.15) is 14.0 Å². The third kappa shape index (κ3) is 5.52. The van der Waals surface area contributed by atoms with Crippen molar-refractivity contribution in [1.82, 2.24) is 0 Å². The molecule has 0 bridgehead atoms. The van der Waals surface area contributed by atoms with Gasteiger partial charge in [0, 0.05) is 18.5 Å². The smallest absolute Gasteiger partial charge is 0.111 e. The van der Waals surface area contributed by atoms with E-state index in [0.717, 1.165) is 0 Å². The van der Waals surface area contributed by atoms with E-state index < -0.39 is 18.2 Å². The first kappa shape index (κ1) is 13.2. The summed E-state index contributed by atoms with van der Waals surface area (Å²) in [6, 6.07) is -0.587. The van der Waals surface area contributed by atoms with Crippen LogP contribution >= 0.6 is 11.6 Å². The molecule has 1 unspecified atom stereocenters. The van der Waals surface area contributed by atoms with Crippen molar-refractivity contribution in [2.75, 3.05) is 13.7 Å². The van der Waals surface area contributed by atoms with Crippen molar-refractivity contribution in [3.63, 3.8) is 0 Å². The minimum Gasteiger partial charge on any atom is -0.391 e. The van der Waals surface area contributed by atoms with Crippen LogP contribution in [0.25, 0.3) is 0 Å². The fourth-order valence-electron chi connectivity index (χ4n) is 0.767. The van der Waals surface area contributed by atoms with Crippen molar-refractivity contribution in [1.29, 1.82) is 0 Å². The summed E-state index contributed by atoms with van der Waals surface area (Å²) < 4.78 is 10.1. The number of methoxy groups -OCH3 is 1. The van der Waals surface area contributed by atoms with E-state index in [-0.39, 0.29) is 5.38 Å². The molecule has 5 heteroatoms. The summed E-state index contributed by atoms with van der Waals surface area (Å²) in [5.74, 6) is 0. The zero-order valence-electron chi connectivity index (χ0n) is 8.24. The molecule has 0 aliphatic carbocycles. The summed E-state index contributed by atoms with van der Waals surface area (Å²) in [4.78, 5) is 0. The number of hydrogen-bond donors (Lipinski definition) is 1. The van der Waals surface area contributed by atoms with E-state index in [9.17, 15) is 5.11 Å². The molecule has 0 fully saturated rings. The van der Waals surface area contributed by atoms with Crippen LogP contribution in [0.5, 0.6) is 0 Å². The maximum Gasteiger partial charge on any atom is 0.111 e. The van der Waals surface area contributed by atoms with E-state index in [1.807, 2.05) is 0 Å². The molecule has 0 aliphatic rings. The Hall–Kier alpha value is 0.235. The molecule has 0 aliphatic heterocycles. The van der Waals surface area contributed by atoms with E-state index in [4.69, 9.17) is 28.9 Å². The second kappa shape index (κ2) is 6.65. The lowest BCUT2D eigenvalue weighted by Crippen LogP contribution is -2.37. The van der Waals surface area contributed by atoms with Crippen LogP contribution in [0.4, 0.5) is 0 Å². The molecule has 76 valence electrons. The van der Waals surface area contributed by atoms with E-state index >= 15 is 0 Å². The molecular weight excluding hydrogens is 190 g/mol. The second-order valence-corrected chi connectivity index (χ2v) is 3.70. The van der Waals surface area contributed by atoms with Crippen molar-refractivity contribution in [2.24, 2.45) is 0 Å². The van der Waals surface area contributed by atoms with Gasteiger partial charge in [-0.05, 0) is 13.8 Å². The monoisotopic (exact) mass is 206 g/mol. The van der Waals surface area contributed by atoms with Gasteiger partial charge in [-0.25, -0.2) is 0 Å². The molecule has 4 atom stereocenters. The zero-order valence-corrected chi connectivity index (χ0v) is 8.99. The molecule has 0 aromatic rings. The lowest BCUT2D eigenvalue weighted by atomic mass is 9.96. The molecule has 0 saturated heterocycles.